The van der Waals surface area contributed by atoms with Crippen molar-refractivity contribution in [2.75, 3.05) is 13.1 Å². The van der Waals surface area contributed by atoms with Crippen molar-refractivity contribution < 1.29 is 0 Å². The van der Waals surface area contributed by atoms with Crippen molar-refractivity contribution in [1.82, 2.24) is 10.2 Å². The molecule has 2 saturated heterocycles. The Labute approximate surface area is 110 Å². The van der Waals surface area contributed by atoms with Crippen molar-refractivity contribution in [1.29, 1.82) is 0 Å². The van der Waals surface area contributed by atoms with Gasteiger partial charge in [-0.05, 0) is 38.7 Å². The molecule has 1 N–H and O–H groups in total. The van der Waals surface area contributed by atoms with Crippen LogP contribution < -0.4 is 5.32 Å². The molecule has 2 aliphatic rings. The van der Waals surface area contributed by atoms with Crippen LogP contribution in [0.2, 0.25) is 0 Å². The molecule has 0 aromatic heterocycles. The Balaban J connectivity index is 1.68. The second-order valence-electron chi connectivity index (χ2n) is 6.16. The summed E-state index contributed by atoms with van der Waals surface area (Å²) >= 11 is 0. The molecule has 0 aliphatic carbocycles. The predicted octanol–water partition coefficient (Wildman–Crippen LogP) is 2.63. The minimum absolute atomic E-state index is 0.739. The van der Waals surface area contributed by atoms with Gasteiger partial charge in [0.2, 0.25) is 0 Å². The van der Waals surface area contributed by atoms with E-state index < -0.39 is 0 Å². The normalized spacial score (nSPS) is 28.3. The van der Waals surface area contributed by atoms with E-state index in [1.807, 2.05) is 0 Å². The molecule has 2 aliphatic heterocycles. The van der Waals surface area contributed by atoms with Crippen LogP contribution in [0, 0.1) is 13.8 Å². The Morgan fingerprint density at radius 1 is 1.06 bits per heavy atom. The first-order chi connectivity index (χ1) is 8.69. The Bertz CT molecular complexity index is 407. The number of hydrogen-bond acceptors (Lipinski definition) is 2. The maximum atomic E-state index is 3.75. The summed E-state index contributed by atoms with van der Waals surface area (Å²) in [5.74, 6) is 0. The van der Waals surface area contributed by atoms with Gasteiger partial charge in [-0.1, -0.05) is 29.3 Å². The minimum Gasteiger partial charge on any atom is -0.310 e. The highest BCUT2D eigenvalue weighted by Gasteiger charge is 2.28. The first-order valence-corrected chi connectivity index (χ1v) is 7.24. The lowest BCUT2D eigenvalue weighted by molar-refractivity contribution is 0.251. The van der Waals surface area contributed by atoms with E-state index in [1.54, 1.807) is 0 Å². The topological polar surface area (TPSA) is 15.3 Å². The molecule has 2 fully saturated rings. The van der Waals surface area contributed by atoms with Crippen molar-refractivity contribution in [3.63, 3.8) is 0 Å². The van der Waals surface area contributed by atoms with Crippen LogP contribution in [0.5, 0.6) is 0 Å². The van der Waals surface area contributed by atoms with E-state index in [-0.39, 0.29) is 0 Å². The number of nitrogens with one attached hydrogen (secondary N) is 1. The monoisotopic (exact) mass is 244 g/mol. The molecule has 2 atom stereocenters. The van der Waals surface area contributed by atoms with Crippen molar-refractivity contribution in [2.24, 2.45) is 0 Å². The number of aryl methyl sites for hydroxylation is 2. The molecule has 1 aromatic carbocycles. The zero-order chi connectivity index (χ0) is 12.5. The van der Waals surface area contributed by atoms with Crippen LogP contribution in [-0.2, 0) is 6.54 Å². The minimum atomic E-state index is 0.739. The summed E-state index contributed by atoms with van der Waals surface area (Å²) in [6, 6.07) is 8.46. The molecule has 0 saturated carbocycles. The number of likely N-dealkylation sites (tertiary alicyclic amines) is 1. The van der Waals surface area contributed by atoms with E-state index in [9.17, 15) is 0 Å². The number of hydrogen-bond donors (Lipinski definition) is 1. The van der Waals surface area contributed by atoms with Crippen LogP contribution in [0.25, 0.3) is 0 Å². The largest absolute Gasteiger partial charge is 0.310 e. The molecule has 0 radical (unpaired) electrons. The maximum absolute atomic E-state index is 3.75. The van der Waals surface area contributed by atoms with E-state index in [2.05, 4.69) is 42.3 Å². The third-order valence-electron chi connectivity index (χ3n) is 4.30. The summed E-state index contributed by atoms with van der Waals surface area (Å²) in [6.45, 7) is 7.99. The molecule has 1 aromatic rings. The Morgan fingerprint density at radius 2 is 1.78 bits per heavy atom. The third kappa shape index (κ3) is 2.76. The van der Waals surface area contributed by atoms with Gasteiger partial charge in [-0.25, -0.2) is 0 Å². The van der Waals surface area contributed by atoms with Gasteiger partial charge in [0.1, 0.15) is 0 Å². The maximum Gasteiger partial charge on any atom is 0.0234 e. The van der Waals surface area contributed by atoms with Crippen LogP contribution in [0.4, 0.5) is 0 Å². The molecule has 98 valence electrons. The van der Waals surface area contributed by atoms with Gasteiger partial charge in [0.15, 0.2) is 0 Å². The fraction of sp³-hybridized carbons (Fsp3) is 0.625. The summed E-state index contributed by atoms with van der Waals surface area (Å²) in [4.78, 5) is 2.63. The summed E-state index contributed by atoms with van der Waals surface area (Å²) in [5, 5.41) is 3.75. The third-order valence-corrected chi connectivity index (χ3v) is 4.30. The van der Waals surface area contributed by atoms with Crippen LogP contribution in [0.3, 0.4) is 0 Å². The van der Waals surface area contributed by atoms with Crippen molar-refractivity contribution in [2.45, 2.75) is 51.7 Å². The number of rotatable bonds is 2. The summed E-state index contributed by atoms with van der Waals surface area (Å²) in [6.07, 6.45) is 4.08. The highest BCUT2D eigenvalue weighted by molar-refractivity contribution is 5.28. The van der Waals surface area contributed by atoms with Gasteiger partial charge in [0.05, 0.1) is 0 Å². The van der Waals surface area contributed by atoms with Gasteiger partial charge in [0.25, 0.3) is 0 Å². The zero-order valence-electron chi connectivity index (χ0n) is 11.6. The van der Waals surface area contributed by atoms with Gasteiger partial charge in [-0.15, -0.1) is 0 Å². The standard InChI is InChI=1S/C16H24N2/c1-12-7-13(2)9-14(8-12)10-18-6-5-15-3-4-16(11-18)17-15/h7-9,15-17H,3-6,10-11H2,1-2H3. The molecule has 0 spiro atoms. The lowest BCUT2D eigenvalue weighted by Gasteiger charge is -2.24. The fourth-order valence-corrected chi connectivity index (χ4v) is 3.58. The lowest BCUT2D eigenvalue weighted by atomic mass is 10.1. The second-order valence-corrected chi connectivity index (χ2v) is 6.16. The van der Waals surface area contributed by atoms with Crippen molar-refractivity contribution >= 4 is 0 Å². The first kappa shape index (κ1) is 12.2. The van der Waals surface area contributed by atoms with Crippen LogP contribution in [0.1, 0.15) is 36.0 Å². The van der Waals surface area contributed by atoms with Crippen molar-refractivity contribution in [3.05, 3.63) is 34.9 Å². The molecular weight excluding hydrogens is 220 g/mol. The zero-order valence-corrected chi connectivity index (χ0v) is 11.6. The Morgan fingerprint density at radius 3 is 2.56 bits per heavy atom. The number of nitrogens with zero attached hydrogens (tertiary/aromatic N) is 1. The molecule has 2 heteroatoms. The number of benzene rings is 1. The van der Waals surface area contributed by atoms with Crippen LogP contribution in [0.15, 0.2) is 18.2 Å². The molecule has 2 bridgehead atoms. The highest BCUT2D eigenvalue weighted by atomic mass is 15.2. The summed E-state index contributed by atoms with van der Waals surface area (Å²) in [7, 11) is 0. The van der Waals surface area contributed by atoms with Gasteiger partial charge in [-0.2, -0.15) is 0 Å². The smallest absolute Gasteiger partial charge is 0.0234 e. The van der Waals surface area contributed by atoms with Gasteiger partial charge in [-0.3, -0.25) is 4.90 Å². The molecule has 2 heterocycles. The molecule has 2 nitrogen and oxygen atoms in total. The predicted molar refractivity (Wildman–Crippen MR) is 75.8 cm³/mol. The van der Waals surface area contributed by atoms with E-state index in [0.29, 0.717) is 0 Å². The molecular formula is C16H24N2. The first-order valence-electron chi connectivity index (χ1n) is 7.24. The highest BCUT2D eigenvalue weighted by Crippen LogP contribution is 2.22. The lowest BCUT2D eigenvalue weighted by Crippen LogP contribution is -2.34. The quantitative estimate of drug-likeness (QED) is 0.860. The van der Waals surface area contributed by atoms with E-state index in [0.717, 1.165) is 18.6 Å². The van der Waals surface area contributed by atoms with Gasteiger partial charge in [0, 0.05) is 31.7 Å². The molecule has 18 heavy (non-hydrogen) atoms. The summed E-state index contributed by atoms with van der Waals surface area (Å²) in [5.41, 5.74) is 4.25. The SMILES string of the molecule is Cc1cc(C)cc(CN2CCC3CCC(C2)N3)c1. The van der Waals surface area contributed by atoms with E-state index in [1.165, 1.54) is 49.0 Å². The van der Waals surface area contributed by atoms with E-state index in [4.69, 9.17) is 0 Å². The fourth-order valence-electron chi connectivity index (χ4n) is 3.58. The molecule has 2 unspecified atom stereocenters. The average molecular weight is 244 g/mol. The second kappa shape index (κ2) is 5.02. The van der Waals surface area contributed by atoms with Gasteiger partial charge >= 0.3 is 0 Å². The van der Waals surface area contributed by atoms with E-state index >= 15 is 0 Å². The van der Waals surface area contributed by atoms with Crippen LogP contribution in [-0.4, -0.2) is 30.1 Å². The average Bonchev–Trinajstić information content (AvgIpc) is 2.61. The molecule has 0 amide bonds. The number of fused-ring (bicyclic) bond motifs is 2. The Kier molecular flexibility index (Phi) is 3.40. The van der Waals surface area contributed by atoms with Crippen molar-refractivity contribution in [3.8, 4) is 0 Å². The molecule has 3 rings (SSSR count). The van der Waals surface area contributed by atoms with Crippen LogP contribution >= 0.6 is 0 Å². The summed E-state index contributed by atoms with van der Waals surface area (Å²) < 4.78 is 0. The van der Waals surface area contributed by atoms with Gasteiger partial charge < -0.3 is 5.32 Å². The Hall–Kier alpha value is -0.860.